The quantitative estimate of drug-likeness (QED) is 0.359. The first-order valence-electron chi connectivity index (χ1n) is 8.95. The molecule has 5 amide bonds. The van der Waals surface area contributed by atoms with Crippen LogP contribution in [0, 0.1) is 0 Å². The summed E-state index contributed by atoms with van der Waals surface area (Å²) in [5.74, 6) is -2.73. The van der Waals surface area contributed by atoms with Crippen molar-refractivity contribution in [2.24, 2.45) is 0 Å². The lowest BCUT2D eigenvalue weighted by atomic mass is 9.98. The van der Waals surface area contributed by atoms with Gasteiger partial charge in [0.2, 0.25) is 0 Å². The van der Waals surface area contributed by atoms with Crippen LogP contribution in [0.25, 0.3) is 0 Å². The molecule has 11 heteroatoms. The summed E-state index contributed by atoms with van der Waals surface area (Å²) in [6, 6.07) is 5.34. The van der Waals surface area contributed by atoms with Crippen molar-refractivity contribution in [1.82, 2.24) is 21.1 Å². The van der Waals surface area contributed by atoms with Crippen molar-refractivity contribution in [3.63, 3.8) is 0 Å². The van der Waals surface area contributed by atoms with Crippen LogP contribution in [0.4, 0.5) is 4.79 Å². The SMILES string of the molecule is O=C(COC(=O)CN1C(=O)NC2(CCCC2)C1=O)NNC(=O)c1ccc(Cl)cc1. The molecule has 2 fully saturated rings. The molecule has 1 aromatic carbocycles. The Morgan fingerprint density at radius 2 is 1.76 bits per heavy atom. The van der Waals surface area contributed by atoms with Crippen LogP contribution in [0.3, 0.4) is 0 Å². The fourth-order valence-electron chi connectivity index (χ4n) is 3.29. The summed E-state index contributed by atoms with van der Waals surface area (Å²) in [7, 11) is 0. The summed E-state index contributed by atoms with van der Waals surface area (Å²) in [6.07, 6.45) is 2.73. The van der Waals surface area contributed by atoms with E-state index in [1.54, 1.807) is 0 Å². The Balaban J connectivity index is 1.41. The smallest absolute Gasteiger partial charge is 0.326 e. The molecular formula is C18H19ClN4O6. The van der Waals surface area contributed by atoms with Gasteiger partial charge in [0.05, 0.1) is 0 Å². The number of imide groups is 1. The van der Waals surface area contributed by atoms with Gasteiger partial charge in [-0.25, -0.2) is 4.79 Å². The summed E-state index contributed by atoms with van der Waals surface area (Å²) in [6.45, 7) is -1.27. The zero-order valence-corrected chi connectivity index (χ0v) is 16.1. The van der Waals surface area contributed by atoms with Crippen LogP contribution in [0.2, 0.25) is 5.02 Å². The van der Waals surface area contributed by atoms with Crippen LogP contribution < -0.4 is 16.2 Å². The highest BCUT2D eigenvalue weighted by molar-refractivity contribution is 6.30. The number of rotatable bonds is 5. The summed E-state index contributed by atoms with van der Waals surface area (Å²) >= 11 is 5.73. The minimum Gasteiger partial charge on any atom is -0.454 e. The average molecular weight is 423 g/mol. The van der Waals surface area contributed by atoms with E-state index in [0.29, 0.717) is 17.9 Å². The van der Waals surface area contributed by atoms with Gasteiger partial charge in [-0.3, -0.25) is 34.9 Å². The Kier molecular flexibility index (Phi) is 6.02. The van der Waals surface area contributed by atoms with Crippen molar-refractivity contribution in [3.05, 3.63) is 34.9 Å². The second-order valence-electron chi connectivity index (χ2n) is 6.78. The van der Waals surface area contributed by atoms with E-state index in [4.69, 9.17) is 16.3 Å². The van der Waals surface area contributed by atoms with Gasteiger partial charge < -0.3 is 10.1 Å². The number of carbonyl (C=O) groups excluding carboxylic acids is 5. The minimum absolute atomic E-state index is 0.270. The summed E-state index contributed by atoms with van der Waals surface area (Å²) in [4.78, 5) is 60.7. The number of nitrogens with zero attached hydrogens (tertiary/aromatic N) is 1. The molecule has 1 spiro atoms. The maximum atomic E-state index is 12.4. The normalized spacial score (nSPS) is 17.2. The van der Waals surface area contributed by atoms with Gasteiger partial charge in [-0.15, -0.1) is 0 Å². The molecule has 1 saturated carbocycles. The number of nitrogens with one attached hydrogen (secondary N) is 3. The van der Waals surface area contributed by atoms with E-state index in [9.17, 15) is 24.0 Å². The van der Waals surface area contributed by atoms with E-state index in [1.165, 1.54) is 24.3 Å². The van der Waals surface area contributed by atoms with Crippen molar-refractivity contribution < 1.29 is 28.7 Å². The van der Waals surface area contributed by atoms with E-state index < -0.39 is 48.4 Å². The maximum absolute atomic E-state index is 12.4. The standard InChI is InChI=1S/C18H19ClN4O6/c19-12-5-3-11(4-6-12)15(26)22-21-13(24)10-29-14(25)9-23-16(27)18(20-17(23)28)7-1-2-8-18/h3-6H,1-2,7-10H2,(H,20,28)(H,21,24)(H,22,26). The fourth-order valence-corrected chi connectivity index (χ4v) is 3.42. The molecule has 0 unspecified atom stereocenters. The van der Waals surface area contributed by atoms with E-state index in [2.05, 4.69) is 16.2 Å². The van der Waals surface area contributed by atoms with Gasteiger partial charge in [0, 0.05) is 10.6 Å². The second kappa shape index (κ2) is 8.48. The molecule has 1 saturated heterocycles. The van der Waals surface area contributed by atoms with Crippen LogP contribution in [0.15, 0.2) is 24.3 Å². The van der Waals surface area contributed by atoms with E-state index >= 15 is 0 Å². The molecule has 0 atom stereocenters. The lowest BCUT2D eigenvalue weighted by Gasteiger charge is -2.19. The number of halogens is 1. The molecule has 154 valence electrons. The largest absolute Gasteiger partial charge is 0.454 e. The number of urea groups is 1. The highest BCUT2D eigenvalue weighted by Crippen LogP contribution is 2.34. The number of amides is 5. The second-order valence-corrected chi connectivity index (χ2v) is 7.22. The first kappa shape index (κ1) is 20.6. The van der Waals surface area contributed by atoms with Gasteiger partial charge in [-0.1, -0.05) is 24.4 Å². The Morgan fingerprint density at radius 1 is 1.10 bits per heavy atom. The lowest BCUT2D eigenvalue weighted by Crippen LogP contribution is -2.45. The molecule has 3 rings (SSSR count). The van der Waals surface area contributed by atoms with Gasteiger partial charge in [-0.2, -0.15) is 0 Å². The van der Waals surface area contributed by atoms with E-state index in [0.717, 1.165) is 17.7 Å². The van der Waals surface area contributed by atoms with Crippen LogP contribution in [-0.4, -0.2) is 53.3 Å². The third-order valence-corrected chi connectivity index (χ3v) is 5.03. The highest BCUT2D eigenvalue weighted by atomic mass is 35.5. The molecule has 0 bridgehead atoms. The zero-order chi connectivity index (χ0) is 21.0. The zero-order valence-electron chi connectivity index (χ0n) is 15.3. The van der Waals surface area contributed by atoms with Crippen molar-refractivity contribution >= 4 is 41.3 Å². The monoisotopic (exact) mass is 422 g/mol. The van der Waals surface area contributed by atoms with Gasteiger partial charge in [0.15, 0.2) is 6.61 Å². The summed E-state index contributed by atoms with van der Waals surface area (Å²) in [5, 5.41) is 3.11. The van der Waals surface area contributed by atoms with Gasteiger partial charge in [0.25, 0.3) is 17.7 Å². The van der Waals surface area contributed by atoms with Crippen LogP contribution in [0.5, 0.6) is 0 Å². The number of esters is 1. The molecule has 3 N–H and O–H groups in total. The molecule has 10 nitrogen and oxygen atoms in total. The molecule has 1 aromatic rings. The molecule has 2 aliphatic rings. The predicted octanol–water partition coefficient (Wildman–Crippen LogP) is 0.509. The number of ether oxygens (including phenoxy) is 1. The molecule has 1 heterocycles. The van der Waals surface area contributed by atoms with Gasteiger partial charge in [-0.05, 0) is 37.1 Å². The third kappa shape index (κ3) is 4.65. The van der Waals surface area contributed by atoms with E-state index in [-0.39, 0.29) is 5.56 Å². The highest BCUT2D eigenvalue weighted by Gasteiger charge is 2.52. The van der Waals surface area contributed by atoms with Gasteiger partial charge >= 0.3 is 12.0 Å². The first-order chi connectivity index (χ1) is 13.8. The lowest BCUT2D eigenvalue weighted by molar-refractivity contribution is -0.151. The number of carbonyl (C=O) groups is 5. The number of hydrogen-bond acceptors (Lipinski definition) is 6. The topological polar surface area (TPSA) is 134 Å². The number of benzene rings is 1. The Labute approximate surface area is 170 Å². The van der Waals surface area contributed by atoms with E-state index in [1.807, 2.05) is 0 Å². The summed E-state index contributed by atoms with van der Waals surface area (Å²) < 4.78 is 4.77. The van der Waals surface area contributed by atoms with Gasteiger partial charge in [0.1, 0.15) is 12.1 Å². The Bertz CT molecular complexity index is 850. The molecule has 0 aromatic heterocycles. The Hall–Kier alpha value is -3.14. The molecule has 29 heavy (non-hydrogen) atoms. The van der Waals surface area contributed by atoms with Crippen LogP contribution in [0.1, 0.15) is 36.0 Å². The summed E-state index contributed by atoms with van der Waals surface area (Å²) in [5.41, 5.74) is 3.61. The van der Waals surface area contributed by atoms with Crippen molar-refractivity contribution in [3.8, 4) is 0 Å². The third-order valence-electron chi connectivity index (χ3n) is 4.78. The van der Waals surface area contributed by atoms with Crippen molar-refractivity contribution in [2.45, 2.75) is 31.2 Å². The molecular weight excluding hydrogens is 404 g/mol. The molecule has 1 aliphatic carbocycles. The number of hydrogen-bond donors (Lipinski definition) is 3. The average Bonchev–Trinajstić information content (AvgIpc) is 3.25. The number of hydrazine groups is 1. The Morgan fingerprint density at radius 3 is 2.41 bits per heavy atom. The first-order valence-corrected chi connectivity index (χ1v) is 9.33. The van der Waals surface area contributed by atoms with Crippen molar-refractivity contribution in [2.75, 3.05) is 13.2 Å². The van der Waals surface area contributed by atoms with Crippen molar-refractivity contribution in [1.29, 1.82) is 0 Å². The minimum atomic E-state index is -0.916. The molecule has 0 radical (unpaired) electrons. The fraction of sp³-hybridized carbons (Fsp3) is 0.389. The molecule has 1 aliphatic heterocycles. The maximum Gasteiger partial charge on any atom is 0.326 e. The van der Waals surface area contributed by atoms with Crippen LogP contribution in [-0.2, 0) is 19.1 Å². The van der Waals surface area contributed by atoms with Crippen LogP contribution >= 0.6 is 11.6 Å². The predicted molar refractivity (Wildman–Crippen MR) is 99.5 cm³/mol.